The third kappa shape index (κ3) is 3.70. The maximum atomic E-state index is 10.9. The first kappa shape index (κ1) is 14.8. The minimum atomic E-state index is -0.383. The fourth-order valence-corrected chi connectivity index (χ4v) is 2.87. The summed E-state index contributed by atoms with van der Waals surface area (Å²) < 4.78 is 5.12. The van der Waals surface area contributed by atoms with Gasteiger partial charge < -0.3 is 10.1 Å². The summed E-state index contributed by atoms with van der Waals surface area (Å²) in [7, 11) is 1.53. The Kier molecular flexibility index (Phi) is 4.95. The van der Waals surface area contributed by atoms with Crippen molar-refractivity contribution in [1.82, 2.24) is 5.32 Å². The summed E-state index contributed by atoms with van der Waals surface area (Å²) in [6.45, 7) is 2.83. The van der Waals surface area contributed by atoms with E-state index in [1.807, 2.05) is 6.07 Å². The van der Waals surface area contributed by atoms with E-state index in [1.54, 1.807) is 6.07 Å². The highest BCUT2D eigenvalue weighted by Crippen LogP contribution is 2.28. The molecule has 110 valence electrons. The number of hydrogen-bond donors (Lipinski definition) is 1. The molecule has 0 heterocycles. The Balaban J connectivity index is 2.00. The molecular weight excluding hydrogens is 256 g/mol. The monoisotopic (exact) mass is 278 g/mol. The molecule has 0 amide bonds. The van der Waals surface area contributed by atoms with E-state index in [9.17, 15) is 10.1 Å². The zero-order chi connectivity index (χ0) is 14.5. The zero-order valence-corrected chi connectivity index (χ0v) is 12.1. The van der Waals surface area contributed by atoms with Crippen molar-refractivity contribution in [2.45, 2.75) is 45.2 Å². The number of non-ortho nitro benzene ring substituents is 1. The maximum absolute atomic E-state index is 10.9. The fraction of sp³-hybridized carbons (Fsp3) is 0.600. The lowest BCUT2D eigenvalue weighted by molar-refractivity contribution is -0.385. The number of nitro groups is 1. The Morgan fingerprint density at radius 1 is 1.40 bits per heavy atom. The molecule has 1 aliphatic rings. The zero-order valence-electron chi connectivity index (χ0n) is 12.1. The van der Waals surface area contributed by atoms with E-state index in [0.717, 1.165) is 11.5 Å². The van der Waals surface area contributed by atoms with Gasteiger partial charge >= 0.3 is 0 Å². The fourth-order valence-electron chi connectivity index (χ4n) is 2.87. The Labute approximate surface area is 119 Å². The van der Waals surface area contributed by atoms with Crippen LogP contribution in [0.25, 0.3) is 0 Å². The molecule has 0 aliphatic heterocycles. The largest absolute Gasteiger partial charge is 0.496 e. The molecule has 0 spiro atoms. The van der Waals surface area contributed by atoms with Gasteiger partial charge in [-0.05, 0) is 37.3 Å². The van der Waals surface area contributed by atoms with Gasteiger partial charge in [-0.2, -0.15) is 0 Å². The van der Waals surface area contributed by atoms with Crippen LogP contribution in [0.15, 0.2) is 18.2 Å². The van der Waals surface area contributed by atoms with Crippen LogP contribution < -0.4 is 10.1 Å². The summed E-state index contributed by atoms with van der Waals surface area (Å²) in [5, 5.41) is 14.4. The minimum Gasteiger partial charge on any atom is -0.496 e. The summed E-state index contributed by atoms with van der Waals surface area (Å²) >= 11 is 0. The van der Waals surface area contributed by atoms with Crippen molar-refractivity contribution in [1.29, 1.82) is 0 Å². The molecule has 1 aromatic rings. The number of methoxy groups -OCH3 is 1. The second-order valence-electron chi connectivity index (χ2n) is 5.51. The number of nitrogens with one attached hydrogen (secondary N) is 1. The molecular formula is C15H22N2O3. The third-order valence-corrected chi connectivity index (χ3v) is 4.13. The van der Waals surface area contributed by atoms with Crippen LogP contribution in [0.3, 0.4) is 0 Å². The van der Waals surface area contributed by atoms with E-state index in [2.05, 4.69) is 12.2 Å². The Morgan fingerprint density at radius 2 is 2.10 bits per heavy atom. The van der Waals surface area contributed by atoms with Crippen molar-refractivity contribution in [2.75, 3.05) is 7.11 Å². The first-order valence-corrected chi connectivity index (χ1v) is 7.16. The van der Waals surface area contributed by atoms with Gasteiger partial charge in [0.2, 0.25) is 0 Å². The van der Waals surface area contributed by atoms with Crippen LogP contribution in [-0.2, 0) is 6.54 Å². The van der Waals surface area contributed by atoms with E-state index >= 15 is 0 Å². The van der Waals surface area contributed by atoms with Gasteiger partial charge in [-0.1, -0.05) is 12.8 Å². The summed E-state index contributed by atoms with van der Waals surface area (Å²) in [6.07, 6.45) is 5.21. The molecule has 2 rings (SSSR count). The molecule has 1 aliphatic carbocycles. The van der Waals surface area contributed by atoms with Gasteiger partial charge in [-0.25, -0.2) is 0 Å². The average molecular weight is 278 g/mol. The van der Waals surface area contributed by atoms with Gasteiger partial charge in [-0.3, -0.25) is 10.1 Å². The number of hydrogen-bond acceptors (Lipinski definition) is 4. The van der Waals surface area contributed by atoms with Gasteiger partial charge in [0.25, 0.3) is 5.69 Å². The molecule has 1 aromatic carbocycles. The first-order chi connectivity index (χ1) is 9.60. The number of nitro benzene ring substituents is 1. The highest BCUT2D eigenvalue weighted by atomic mass is 16.6. The van der Waals surface area contributed by atoms with Crippen LogP contribution in [0.1, 0.15) is 38.2 Å². The van der Waals surface area contributed by atoms with Crippen LogP contribution in [0.2, 0.25) is 0 Å². The van der Waals surface area contributed by atoms with Crippen molar-refractivity contribution in [3.05, 3.63) is 33.9 Å². The highest BCUT2D eigenvalue weighted by Gasteiger charge is 2.21. The summed E-state index contributed by atoms with van der Waals surface area (Å²) in [6, 6.07) is 5.35. The van der Waals surface area contributed by atoms with E-state index in [1.165, 1.54) is 38.9 Å². The number of ether oxygens (including phenoxy) is 1. The van der Waals surface area contributed by atoms with Crippen molar-refractivity contribution in [3.8, 4) is 5.75 Å². The van der Waals surface area contributed by atoms with Gasteiger partial charge in [-0.15, -0.1) is 0 Å². The molecule has 1 fully saturated rings. The lowest BCUT2D eigenvalue weighted by Gasteiger charge is -2.20. The van der Waals surface area contributed by atoms with Gasteiger partial charge in [0.1, 0.15) is 5.75 Å². The molecule has 0 radical (unpaired) electrons. The van der Waals surface area contributed by atoms with Gasteiger partial charge in [0, 0.05) is 18.7 Å². The summed E-state index contributed by atoms with van der Waals surface area (Å²) in [5.41, 5.74) is 0.968. The van der Waals surface area contributed by atoms with Crippen LogP contribution in [0.4, 0.5) is 5.69 Å². The lowest BCUT2D eigenvalue weighted by atomic mass is 9.99. The second kappa shape index (κ2) is 6.70. The van der Waals surface area contributed by atoms with Crippen LogP contribution in [0, 0.1) is 16.0 Å². The van der Waals surface area contributed by atoms with E-state index in [-0.39, 0.29) is 10.6 Å². The second-order valence-corrected chi connectivity index (χ2v) is 5.51. The van der Waals surface area contributed by atoms with E-state index in [0.29, 0.717) is 18.3 Å². The Hall–Kier alpha value is -1.62. The van der Waals surface area contributed by atoms with Crippen molar-refractivity contribution >= 4 is 5.69 Å². The molecule has 1 unspecified atom stereocenters. The normalized spacial score (nSPS) is 17.1. The van der Waals surface area contributed by atoms with Gasteiger partial charge in [0.05, 0.1) is 18.1 Å². The molecule has 1 N–H and O–H groups in total. The molecule has 0 aromatic heterocycles. The van der Waals surface area contributed by atoms with Crippen molar-refractivity contribution in [3.63, 3.8) is 0 Å². The third-order valence-electron chi connectivity index (χ3n) is 4.13. The molecule has 5 nitrogen and oxygen atoms in total. The highest BCUT2D eigenvalue weighted by molar-refractivity contribution is 5.42. The summed E-state index contributed by atoms with van der Waals surface area (Å²) in [5.74, 6) is 1.26. The predicted octanol–water partition coefficient (Wildman–Crippen LogP) is 3.27. The smallest absolute Gasteiger partial charge is 0.273 e. The molecule has 5 heteroatoms. The SMILES string of the molecule is COc1cc(CNC(C)C2CCCC2)cc([N+](=O)[O-])c1. The van der Waals surface area contributed by atoms with E-state index < -0.39 is 0 Å². The topological polar surface area (TPSA) is 64.4 Å². The standard InChI is InChI=1S/C15H22N2O3/c1-11(13-5-3-4-6-13)16-10-12-7-14(17(18)19)9-15(8-12)20-2/h7-9,11,13,16H,3-6,10H2,1-2H3. The lowest BCUT2D eigenvalue weighted by Crippen LogP contribution is -2.31. The summed E-state index contributed by atoms with van der Waals surface area (Å²) in [4.78, 5) is 10.5. The Morgan fingerprint density at radius 3 is 2.70 bits per heavy atom. The number of benzene rings is 1. The van der Waals surface area contributed by atoms with Crippen LogP contribution in [-0.4, -0.2) is 18.1 Å². The molecule has 0 bridgehead atoms. The molecule has 1 saturated carbocycles. The molecule has 0 saturated heterocycles. The van der Waals surface area contributed by atoms with Crippen molar-refractivity contribution < 1.29 is 9.66 Å². The molecule has 20 heavy (non-hydrogen) atoms. The number of rotatable bonds is 6. The van der Waals surface area contributed by atoms with Crippen LogP contribution >= 0.6 is 0 Å². The van der Waals surface area contributed by atoms with Gasteiger partial charge in [0.15, 0.2) is 0 Å². The first-order valence-electron chi connectivity index (χ1n) is 7.16. The predicted molar refractivity (Wildman–Crippen MR) is 77.9 cm³/mol. The van der Waals surface area contributed by atoms with E-state index in [4.69, 9.17) is 4.74 Å². The van der Waals surface area contributed by atoms with Crippen LogP contribution in [0.5, 0.6) is 5.75 Å². The number of nitrogens with zero attached hydrogens (tertiary/aromatic N) is 1. The maximum Gasteiger partial charge on any atom is 0.273 e. The van der Waals surface area contributed by atoms with Crippen molar-refractivity contribution in [2.24, 2.45) is 5.92 Å². The Bertz CT molecular complexity index is 470. The minimum absolute atomic E-state index is 0.0784. The quantitative estimate of drug-likeness (QED) is 0.640. The molecule has 1 atom stereocenters. The average Bonchev–Trinajstić information content (AvgIpc) is 2.98.